The minimum absolute atomic E-state index is 0. The molecule has 0 unspecified atom stereocenters. The van der Waals surface area contributed by atoms with Gasteiger partial charge < -0.3 is 47.0 Å². The normalized spacial score (nSPS) is 12.0. The molecule has 0 N–H and O–H groups in total. The van der Waals surface area contributed by atoms with Crippen molar-refractivity contribution in [3.8, 4) is 57.3 Å². The number of nitrogens with zero attached hydrogens (tertiary/aromatic N) is 1. The molecule has 0 atom stereocenters. The molecule has 0 bridgehead atoms. The van der Waals surface area contributed by atoms with Crippen LogP contribution in [0.3, 0.4) is 0 Å². The molecular weight excluding hydrogens is 634 g/mol. The van der Waals surface area contributed by atoms with E-state index in [1.54, 1.807) is 56.9 Å². The van der Waals surface area contributed by atoms with E-state index >= 15 is 0 Å². The van der Waals surface area contributed by atoms with Gasteiger partial charge in [0.05, 0.1) is 67.8 Å². The zero-order chi connectivity index (χ0) is 34.5. The molecule has 0 saturated heterocycles. The second kappa shape index (κ2) is 14.7. The summed E-state index contributed by atoms with van der Waals surface area (Å²) in [6, 6.07) is 12.0. The van der Waals surface area contributed by atoms with E-state index in [0.29, 0.717) is 46.0 Å². The van der Waals surface area contributed by atoms with Crippen molar-refractivity contribution in [2.75, 3.05) is 56.9 Å². The summed E-state index contributed by atoms with van der Waals surface area (Å²) in [5, 5.41) is 1.83. The van der Waals surface area contributed by atoms with Crippen molar-refractivity contribution in [1.82, 2.24) is 0 Å². The third-order valence-corrected chi connectivity index (χ3v) is 7.60. The number of pyridine rings is 1. The number of ether oxygens (including phenoxy) is 8. The maximum atomic E-state index is 8.52. The number of fused-ring (bicyclic) bond motifs is 4. The predicted octanol–water partition coefficient (Wildman–Crippen LogP) is 4.36. The summed E-state index contributed by atoms with van der Waals surface area (Å²) in [5.74, 6) is 4.75. The highest BCUT2D eigenvalue weighted by Gasteiger charge is 2.32. The molecule has 5 rings (SSSR count). The standard InChI is InChI=1S/C33H36NO8.H2O4S/c1-35-25-16-20-11-12-34-23(10-9-19-13-27(37-3)31(40-6)28(14-19)38-4)30-21(15-24(34)22(20)18-26(25)36-2)17-29(39-5)32(41-7)33(30)42-8;1-5(2,3)4/h9-10,13-18H,11-12H2,1-8H3;(H2,1,2,3,4)/q+1;/p-1/b10-9+;. The lowest BCUT2D eigenvalue weighted by atomic mass is 9.93. The number of hydrogen-bond acceptors (Lipinski definition) is 12. The van der Waals surface area contributed by atoms with Gasteiger partial charge in [0.25, 0.3) is 0 Å². The van der Waals surface area contributed by atoms with Crippen molar-refractivity contribution in [3.05, 3.63) is 53.2 Å². The number of aryl methyl sites for hydroxylation is 1. The molecule has 0 spiro atoms. The Hall–Kier alpha value is -4.92. The maximum absolute atomic E-state index is 8.52. The Labute approximate surface area is 274 Å². The second-order valence-corrected chi connectivity index (χ2v) is 10.8. The van der Waals surface area contributed by atoms with E-state index in [9.17, 15) is 0 Å². The van der Waals surface area contributed by atoms with Crippen molar-refractivity contribution in [2.45, 2.75) is 13.0 Å². The molecule has 0 radical (unpaired) electrons. The predicted molar refractivity (Wildman–Crippen MR) is 173 cm³/mol. The van der Waals surface area contributed by atoms with Crippen molar-refractivity contribution in [2.24, 2.45) is 0 Å². The van der Waals surface area contributed by atoms with Gasteiger partial charge in [-0.2, -0.15) is 4.57 Å². The monoisotopic (exact) mass is 671 g/mol. The molecule has 1 aliphatic rings. The van der Waals surface area contributed by atoms with Crippen LogP contribution in [0.4, 0.5) is 0 Å². The largest absolute Gasteiger partial charge is 1.00 e. The van der Waals surface area contributed by atoms with E-state index in [2.05, 4.69) is 22.8 Å². The molecule has 47 heavy (non-hydrogen) atoms. The maximum Gasteiger partial charge on any atom is 1.00 e. The molecule has 3 aromatic carbocycles. The van der Waals surface area contributed by atoms with Crippen LogP contribution < -0.4 is 42.5 Å². The van der Waals surface area contributed by atoms with Crippen molar-refractivity contribution < 1.29 is 61.4 Å². The van der Waals surface area contributed by atoms with Gasteiger partial charge in [0.2, 0.25) is 22.9 Å². The Morgan fingerprint density at radius 3 is 1.66 bits per heavy atom. The second-order valence-electron chi connectivity index (χ2n) is 9.99. The summed E-state index contributed by atoms with van der Waals surface area (Å²) in [6.07, 6.45) is 4.90. The summed E-state index contributed by atoms with van der Waals surface area (Å²) < 4.78 is 81.8. The summed E-state index contributed by atoms with van der Waals surface area (Å²) in [6.45, 7) is 0.736. The first-order valence-electron chi connectivity index (χ1n) is 14.1. The first-order valence-corrected chi connectivity index (χ1v) is 15.4. The summed E-state index contributed by atoms with van der Waals surface area (Å²) in [7, 11) is 7.80. The Morgan fingerprint density at radius 1 is 0.638 bits per heavy atom. The molecule has 0 saturated carbocycles. The van der Waals surface area contributed by atoms with Gasteiger partial charge in [0, 0.05) is 34.3 Å². The molecule has 252 valence electrons. The van der Waals surface area contributed by atoms with Gasteiger partial charge in [-0.3, -0.25) is 8.42 Å². The number of benzene rings is 3. The first-order chi connectivity index (χ1) is 22.5. The number of aromatic nitrogens is 1. The van der Waals surface area contributed by atoms with Crippen LogP contribution in [0.5, 0.6) is 46.0 Å². The van der Waals surface area contributed by atoms with E-state index in [1.165, 1.54) is 5.56 Å². The first kappa shape index (κ1) is 34.9. The van der Waals surface area contributed by atoms with Crippen LogP contribution in [0.1, 0.15) is 18.2 Å². The molecule has 0 fully saturated rings. The highest BCUT2D eigenvalue weighted by Crippen LogP contribution is 2.47. The molecule has 13 nitrogen and oxygen atoms in total. The van der Waals surface area contributed by atoms with Crippen LogP contribution in [0, 0.1) is 0 Å². The lowest BCUT2D eigenvalue weighted by Crippen LogP contribution is -2.43. The van der Waals surface area contributed by atoms with Gasteiger partial charge >= 0.3 is 1.43 Å². The fourth-order valence-electron chi connectivity index (χ4n) is 5.65. The Bertz CT molecular complexity index is 1900. The molecular formula is C33H37NO12S. The molecule has 0 amide bonds. The summed E-state index contributed by atoms with van der Waals surface area (Å²) >= 11 is 0. The molecule has 0 aliphatic carbocycles. The zero-order valence-corrected chi connectivity index (χ0v) is 28.1. The van der Waals surface area contributed by atoms with Gasteiger partial charge in [-0.15, -0.1) is 0 Å². The smallest absolute Gasteiger partial charge is 0.759 e. The van der Waals surface area contributed by atoms with E-state index in [-0.39, 0.29) is 1.43 Å². The van der Waals surface area contributed by atoms with Crippen LogP contribution in [-0.4, -0.2) is 74.4 Å². The van der Waals surface area contributed by atoms with Gasteiger partial charge in [-0.25, -0.2) is 0 Å². The summed E-state index contributed by atoms with van der Waals surface area (Å²) in [5.41, 5.74) is 5.09. The summed E-state index contributed by atoms with van der Waals surface area (Å²) in [4.78, 5) is 0. The van der Waals surface area contributed by atoms with E-state index in [4.69, 9.17) is 55.4 Å². The van der Waals surface area contributed by atoms with E-state index < -0.39 is 10.4 Å². The number of rotatable bonds is 10. The molecule has 1 aliphatic heterocycles. The lowest BCUT2D eigenvalue weighted by molar-refractivity contribution is -0.687. The Morgan fingerprint density at radius 2 is 1.15 bits per heavy atom. The topological polar surface area (TPSA) is 158 Å². The quantitative estimate of drug-likeness (QED) is 0.133. The van der Waals surface area contributed by atoms with Crippen molar-refractivity contribution in [1.29, 1.82) is 0 Å². The fourth-order valence-corrected chi connectivity index (χ4v) is 5.65. The highest BCUT2D eigenvalue weighted by molar-refractivity contribution is 7.79. The van der Waals surface area contributed by atoms with Crippen LogP contribution >= 0.6 is 0 Å². The molecule has 2 heterocycles. The zero-order valence-electron chi connectivity index (χ0n) is 28.3. The minimum Gasteiger partial charge on any atom is -0.759 e. The van der Waals surface area contributed by atoms with Crippen LogP contribution in [0.2, 0.25) is 0 Å². The van der Waals surface area contributed by atoms with E-state index in [1.807, 2.05) is 30.3 Å². The number of methoxy groups -OCH3 is 8. The fraction of sp³-hybridized carbons (Fsp3) is 0.303. The highest BCUT2D eigenvalue weighted by atomic mass is 32.3. The van der Waals surface area contributed by atoms with E-state index in [0.717, 1.165) is 46.3 Å². The van der Waals surface area contributed by atoms with Gasteiger partial charge in [-0.1, -0.05) is 0 Å². The number of hydrogen-bond donors (Lipinski definition) is 0. The average Bonchev–Trinajstić information content (AvgIpc) is 3.06. The Kier molecular flexibility index (Phi) is 10.9. The van der Waals surface area contributed by atoms with Crippen LogP contribution in [0.15, 0.2) is 36.4 Å². The third kappa shape index (κ3) is 7.24. The SMILES string of the molecule is COc1cc2c(cc1OC)-c1cc3cc(OC)c(OC)c(OC)c3c(/C=C/c3cc(OC)c(OC)c(OC)c3)[n+]1CC2.O=S(=O)([O-])[O-].[H+]. The van der Waals surface area contributed by atoms with Gasteiger partial charge in [-0.05, 0) is 47.5 Å². The molecule has 1 aromatic heterocycles. The third-order valence-electron chi connectivity index (χ3n) is 7.60. The minimum atomic E-state index is -5.17. The van der Waals surface area contributed by atoms with Crippen LogP contribution in [0.25, 0.3) is 34.2 Å². The van der Waals surface area contributed by atoms with Gasteiger partial charge in [0.15, 0.2) is 41.0 Å². The lowest BCUT2D eigenvalue weighted by Gasteiger charge is -2.21. The average molecular weight is 672 g/mol. The van der Waals surface area contributed by atoms with Crippen molar-refractivity contribution >= 4 is 33.3 Å². The van der Waals surface area contributed by atoms with Crippen molar-refractivity contribution in [3.63, 3.8) is 0 Å². The molecule has 4 aromatic rings. The van der Waals surface area contributed by atoms with Gasteiger partial charge in [0.1, 0.15) is 0 Å². The Balaban J connectivity index is 0.000000970. The van der Waals surface area contributed by atoms with Crippen LogP contribution in [-0.2, 0) is 23.4 Å². The molecule has 14 heteroatoms.